The molecule has 2 N–H and O–H groups in total. The fourth-order valence-electron chi connectivity index (χ4n) is 2.62. The van der Waals surface area contributed by atoms with Gasteiger partial charge in [-0.15, -0.1) is 5.10 Å². The van der Waals surface area contributed by atoms with Gasteiger partial charge < -0.3 is 10.4 Å². The Morgan fingerprint density at radius 1 is 1.44 bits per heavy atom. The summed E-state index contributed by atoms with van der Waals surface area (Å²) < 4.78 is 1.80. The second-order valence-corrected chi connectivity index (χ2v) is 5.30. The summed E-state index contributed by atoms with van der Waals surface area (Å²) in [7, 11) is 0. The molecule has 5 heteroatoms. The van der Waals surface area contributed by atoms with Crippen molar-refractivity contribution in [1.29, 1.82) is 0 Å². The highest BCUT2D eigenvalue weighted by Gasteiger charge is 2.20. The Hall–Kier alpha value is -0.940. The molecule has 2 atom stereocenters. The fraction of sp³-hybridized carbons (Fsp3) is 0.846. The highest BCUT2D eigenvalue weighted by Crippen LogP contribution is 2.23. The van der Waals surface area contributed by atoms with Crippen molar-refractivity contribution in [2.45, 2.75) is 58.2 Å². The van der Waals surface area contributed by atoms with Crippen LogP contribution in [0.25, 0.3) is 0 Å². The summed E-state index contributed by atoms with van der Waals surface area (Å²) in [5, 5.41) is 20.6. The molecule has 1 saturated carbocycles. The van der Waals surface area contributed by atoms with Gasteiger partial charge in [0.05, 0.1) is 5.69 Å². The molecule has 5 nitrogen and oxygen atoms in total. The van der Waals surface area contributed by atoms with Crippen molar-refractivity contribution in [2.75, 3.05) is 6.61 Å². The van der Waals surface area contributed by atoms with Crippen LogP contribution in [-0.2, 0) is 13.1 Å². The zero-order chi connectivity index (χ0) is 12.8. The van der Waals surface area contributed by atoms with Crippen molar-refractivity contribution in [3.05, 3.63) is 11.9 Å². The van der Waals surface area contributed by atoms with Crippen LogP contribution in [0.1, 0.15) is 44.7 Å². The van der Waals surface area contributed by atoms with Crippen LogP contribution in [0.3, 0.4) is 0 Å². The number of hydrogen-bond acceptors (Lipinski definition) is 4. The normalized spacial score (nSPS) is 24.3. The van der Waals surface area contributed by atoms with Crippen LogP contribution in [0.5, 0.6) is 0 Å². The highest BCUT2D eigenvalue weighted by molar-refractivity contribution is 4.93. The average Bonchev–Trinajstić information content (AvgIpc) is 2.83. The lowest BCUT2D eigenvalue weighted by atomic mass is 9.86. The van der Waals surface area contributed by atoms with Gasteiger partial charge in [-0.2, -0.15) is 0 Å². The maximum absolute atomic E-state index is 8.76. The third-order valence-corrected chi connectivity index (χ3v) is 3.79. The molecular formula is C13H24N4O. The minimum atomic E-state index is 0.201. The van der Waals surface area contributed by atoms with E-state index in [0.29, 0.717) is 6.04 Å². The van der Waals surface area contributed by atoms with Crippen molar-refractivity contribution in [1.82, 2.24) is 20.3 Å². The molecule has 2 rings (SSSR count). The largest absolute Gasteiger partial charge is 0.396 e. The van der Waals surface area contributed by atoms with E-state index in [-0.39, 0.29) is 6.61 Å². The summed E-state index contributed by atoms with van der Waals surface area (Å²) >= 11 is 0. The Balaban J connectivity index is 1.77. The zero-order valence-electron chi connectivity index (χ0n) is 11.2. The number of aromatic nitrogens is 3. The lowest BCUT2D eigenvalue weighted by Crippen LogP contribution is -2.36. The van der Waals surface area contributed by atoms with E-state index in [0.717, 1.165) is 31.1 Å². The molecule has 1 aliphatic carbocycles. The van der Waals surface area contributed by atoms with Gasteiger partial charge in [0.1, 0.15) is 0 Å². The average molecular weight is 252 g/mol. The number of nitrogens with one attached hydrogen (secondary N) is 1. The summed E-state index contributed by atoms with van der Waals surface area (Å²) in [6, 6.07) is 0.626. The Bertz CT molecular complexity index is 353. The van der Waals surface area contributed by atoms with Gasteiger partial charge >= 0.3 is 0 Å². The quantitative estimate of drug-likeness (QED) is 0.801. The van der Waals surface area contributed by atoms with Crippen LogP contribution < -0.4 is 5.32 Å². The predicted octanol–water partition coefficient (Wildman–Crippen LogP) is 1.33. The minimum Gasteiger partial charge on any atom is -0.396 e. The van der Waals surface area contributed by atoms with Crippen molar-refractivity contribution < 1.29 is 5.11 Å². The number of rotatable bonds is 6. The van der Waals surface area contributed by atoms with Gasteiger partial charge in [-0.05, 0) is 25.2 Å². The van der Waals surface area contributed by atoms with Crippen molar-refractivity contribution >= 4 is 0 Å². The summed E-state index contributed by atoms with van der Waals surface area (Å²) in [4.78, 5) is 0. The Morgan fingerprint density at radius 2 is 2.28 bits per heavy atom. The van der Waals surface area contributed by atoms with Gasteiger partial charge in [0.2, 0.25) is 0 Å². The summed E-state index contributed by atoms with van der Waals surface area (Å²) in [6.45, 7) is 4.07. The van der Waals surface area contributed by atoms with Crippen LogP contribution in [-0.4, -0.2) is 32.7 Å². The molecule has 0 radical (unpaired) electrons. The van der Waals surface area contributed by atoms with Crippen LogP contribution >= 0.6 is 0 Å². The van der Waals surface area contributed by atoms with Gasteiger partial charge in [-0.25, -0.2) is 0 Å². The third kappa shape index (κ3) is 3.78. The Morgan fingerprint density at radius 3 is 3.06 bits per heavy atom. The van der Waals surface area contributed by atoms with E-state index in [4.69, 9.17) is 5.11 Å². The van der Waals surface area contributed by atoms with E-state index in [9.17, 15) is 0 Å². The molecule has 1 heterocycles. The van der Waals surface area contributed by atoms with Crippen LogP contribution in [0.2, 0.25) is 0 Å². The van der Waals surface area contributed by atoms with Crippen molar-refractivity contribution in [3.63, 3.8) is 0 Å². The lowest BCUT2D eigenvalue weighted by Gasteiger charge is -2.29. The number of hydrogen-bond donors (Lipinski definition) is 2. The monoisotopic (exact) mass is 252 g/mol. The molecule has 1 fully saturated rings. The fourth-order valence-corrected chi connectivity index (χ4v) is 2.62. The molecule has 1 aliphatic rings. The molecule has 18 heavy (non-hydrogen) atoms. The van der Waals surface area contributed by atoms with Gasteiger partial charge in [-0.1, -0.05) is 25.0 Å². The molecule has 102 valence electrons. The standard InChI is InChI=1S/C13H24N4O/c1-11-5-2-3-6-13(11)14-9-12-10-17(16-15-12)7-4-8-18/h10-11,13-14,18H,2-9H2,1H3. The molecule has 1 aromatic heterocycles. The van der Waals surface area contributed by atoms with E-state index < -0.39 is 0 Å². The van der Waals surface area contributed by atoms with Gasteiger partial charge in [0.15, 0.2) is 0 Å². The second kappa shape index (κ2) is 6.85. The third-order valence-electron chi connectivity index (χ3n) is 3.79. The van der Waals surface area contributed by atoms with E-state index >= 15 is 0 Å². The highest BCUT2D eigenvalue weighted by atomic mass is 16.3. The van der Waals surface area contributed by atoms with E-state index in [1.807, 2.05) is 6.20 Å². The topological polar surface area (TPSA) is 63.0 Å². The Kier molecular flexibility index (Phi) is 5.13. The summed E-state index contributed by atoms with van der Waals surface area (Å²) in [5.41, 5.74) is 0.991. The van der Waals surface area contributed by atoms with E-state index in [1.165, 1.54) is 25.7 Å². The molecular weight excluding hydrogens is 228 g/mol. The first-order valence-corrected chi connectivity index (χ1v) is 7.03. The van der Waals surface area contributed by atoms with Gasteiger partial charge in [-0.3, -0.25) is 4.68 Å². The first-order chi connectivity index (χ1) is 8.79. The van der Waals surface area contributed by atoms with Crippen LogP contribution in [0.4, 0.5) is 0 Å². The molecule has 0 aliphatic heterocycles. The first-order valence-electron chi connectivity index (χ1n) is 7.03. The van der Waals surface area contributed by atoms with Crippen molar-refractivity contribution in [3.8, 4) is 0 Å². The van der Waals surface area contributed by atoms with Crippen LogP contribution in [0.15, 0.2) is 6.20 Å². The zero-order valence-corrected chi connectivity index (χ0v) is 11.2. The van der Waals surface area contributed by atoms with E-state index in [1.54, 1.807) is 4.68 Å². The predicted molar refractivity (Wildman–Crippen MR) is 70.0 cm³/mol. The Labute approximate surface area is 109 Å². The maximum atomic E-state index is 8.76. The number of aryl methyl sites for hydroxylation is 1. The molecule has 0 saturated heterocycles. The number of aliphatic hydroxyl groups excluding tert-OH is 1. The minimum absolute atomic E-state index is 0.201. The molecule has 0 amide bonds. The van der Waals surface area contributed by atoms with Crippen LogP contribution in [0, 0.1) is 5.92 Å². The van der Waals surface area contributed by atoms with Crippen molar-refractivity contribution in [2.24, 2.45) is 5.92 Å². The molecule has 0 bridgehead atoms. The maximum Gasteiger partial charge on any atom is 0.0964 e. The molecule has 2 unspecified atom stereocenters. The molecule has 0 aromatic carbocycles. The molecule has 1 aromatic rings. The van der Waals surface area contributed by atoms with E-state index in [2.05, 4.69) is 22.6 Å². The number of nitrogens with zero attached hydrogens (tertiary/aromatic N) is 3. The second-order valence-electron chi connectivity index (χ2n) is 5.30. The lowest BCUT2D eigenvalue weighted by molar-refractivity contribution is 0.276. The summed E-state index contributed by atoms with van der Waals surface area (Å²) in [6.07, 6.45) is 8.02. The summed E-state index contributed by atoms with van der Waals surface area (Å²) in [5.74, 6) is 0.767. The first kappa shape index (κ1) is 13.5. The SMILES string of the molecule is CC1CCCCC1NCc1cn(CCCO)nn1. The smallest absolute Gasteiger partial charge is 0.0964 e. The van der Waals surface area contributed by atoms with Gasteiger partial charge in [0, 0.05) is 31.9 Å². The number of aliphatic hydroxyl groups is 1. The van der Waals surface area contributed by atoms with Gasteiger partial charge in [0.25, 0.3) is 0 Å². The molecule has 0 spiro atoms.